The van der Waals surface area contributed by atoms with Crippen molar-refractivity contribution in [2.75, 3.05) is 44.7 Å². The van der Waals surface area contributed by atoms with Crippen molar-refractivity contribution in [3.63, 3.8) is 0 Å². The maximum Gasteiger partial charge on any atom is 0.253 e. The van der Waals surface area contributed by atoms with Gasteiger partial charge in [-0.2, -0.15) is 0 Å². The van der Waals surface area contributed by atoms with Crippen LogP contribution >= 0.6 is 12.2 Å². The second kappa shape index (κ2) is 10.5. The predicted octanol–water partition coefficient (Wildman–Crippen LogP) is 3.98. The molecule has 7 heteroatoms. The molecule has 0 spiro atoms. The van der Waals surface area contributed by atoms with Crippen LogP contribution in [0.25, 0.3) is 10.9 Å². The van der Waals surface area contributed by atoms with Crippen LogP contribution in [0.5, 0.6) is 0 Å². The Morgan fingerprint density at radius 1 is 1.12 bits per heavy atom. The lowest BCUT2D eigenvalue weighted by molar-refractivity contribution is 0.0358. The van der Waals surface area contributed by atoms with Crippen LogP contribution in [0.4, 0.5) is 5.69 Å². The molecule has 6 nitrogen and oxygen atoms in total. The topological polar surface area (TPSA) is 60.6 Å². The largest absolute Gasteiger partial charge is 0.379 e. The van der Waals surface area contributed by atoms with Gasteiger partial charge in [-0.05, 0) is 85.4 Å². The highest BCUT2D eigenvalue weighted by Crippen LogP contribution is 2.18. The minimum atomic E-state index is -0.0690. The van der Waals surface area contributed by atoms with Crippen LogP contribution in [0, 0.1) is 20.8 Å². The Bertz CT molecular complexity index is 1200. The molecule has 1 aromatic heterocycles. The monoisotopic (exact) mass is 464 g/mol. The number of nitrogens with one attached hydrogen (secondary N) is 2. The molecule has 174 valence electrons. The number of anilines is 1. The van der Waals surface area contributed by atoms with Gasteiger partial charge in [0.05, 0.1) is 19.8 Å². The van der Waals surface area contributed by atoms with E-state index in [0.29, 0.717) is 17.2 Å². The van der Waals surface area contributed by atoms with Crippen molar-refractivity contribution >= 4 is 33.9 Å². The lowest BCUT2D eigenvalue weighted by Crippen LogP contribution is -2.44. The number of aromatic amines is 1. The predicted molar refractivity (Wildman–Crippen MR) is 139 cm³/mol. The van der Waals surface area contributed by atoms with E-state index in [0.717, 1.165) is 56.0 Å². The highest BCUT2D eigenvalue weighted by atomic mass is 32.1. The number of benzene rings is 2. The third-order valence-corrected chi connectivity index (χ3v) is 6.60. The summed E-state index contributed by atoms with van der Waals surface area (Å²) >= 11 is 5.80. The van der Waals surface area contributed by atoms with E-state index in [9.17, 15) is 4.79 Å². The molecule has 3 aromatic rings. The summed E-state index contributed by atoms with van der Waals surface area (Å²) < 4.78 is 5.48. The van der Waals surface area contributed by atoms with Crippen molar-refractivity contribution in [3.05, 3.63) is 75.1 Å². The summed E-state index contributed by atoms with van der Waals surface area (Å²) in [4.78, 5) is 20.4. The Morgan fingerprint density at radius 3 is 2.64 bits per heavy atom. The van der Waals surface area contributed by atoms with Crippen molar-refractivity contribution in [2.45, 2.75) is 27.3 Å². The van der Waals surface area contributed by atoms with Crippen LogP contribution in [0.15, 0.2) is 47.3 Å². The van der Waals surface area contributed by atoms with E-state index < -0.39 is 0 Å². The van der Waals surface area contributed by atoms with Gasteiger partial charge in [-0.25, -0.2) is 0 Å². The summed E-state index contributed by atoms with van der Waals surface area (Å²) in [5, 5.41) is 5.03. The Labute approximate surface area is 200 Å². The number of thiocarbonyl (C=S) groups is 1. The maximum absolute atomic E-state index is 12.9. The third kappa shape index (κ3) is 5.99. The standard InChI is InChI=1S/C26H32N4O2S/c1-18-5-4-6-23(13-18)27-26(33)30(8-7-29-9-11-32-12-10-29)17-22-16-21-14-19(2)20(3)15-24(21)28-25(22)31/h4-6,13-16H,7-12,17H2,1-3H3,(H,27,33)(H,28,31). The molecule has 2 N–H and O–H groups in total. The van der Waals surface area contributed by atoms with Gasteiger partial charge in [0, 0.05) is 42.9 Å². The third-order valence-electron chi connectivity index (χ3n) is 6.24. The number of aryl methyl sites for hydroxylation is 3. The van der Waals surface area contributed by atoms with Gasteiger partial charge >= 0.3 is 0 Å². The summed E-state index contributed by atoms with van der Waals surface area (Å²) in [7, 11) is 0. The molecule has 1 aliphatic rings. The molecule has 1 saturated heterocycles. The summed E-state index contributed by atoms with van der Waals surface area (Å²) in [5.41, 5.74) is 6.01. The van der Waals surface area contributed by atoms with Gasteiger partial charge in [-0.15, -0.1) is 0 Å². The summed E-state index contributed by atoms with van der Waals surface area (Å²) in [6.07, 6.45) is 0. The molecule has 33 heavy (non-hydrogen) atoms. The zero-order chi connectivity index (χ0) is 23.4. The van der Waals surface area contributed by atoms with Crippen LogP contribution in [-0.2, 0) is 11.3 Å². The lowest BCUT2D eigenvalue weighted by atomic mass is 10.0. The normalized spacial score (nSPS) is 14.4. The first-order chi connectivity index (χ1) is 15.9. The first-order valence-electron chi connectivity index (χ1n) is 11.4. The molecule has 0 atom stereocenters. The number of nitrogens with zero attached hydrogens (tertiary/aromatic N) is 2. The highest BCUT2D eigenvalue weighted by molar-refractivity contribution is 7.80. The van der Waals surface area contributed by atoms with E-state index in [1.54, 1.807) is 0 Å². The lowest BCUT2D eigenvalue weighted by Gasteiger charge is -2.31. The van der Waals surface area contributed by atoms with Crippen LogP contribution in [0.3, 0.4) is 0 Å². The molecule has 2 aromatic carbocycles. The molecule has 1 fully saturated rings. The van der Waals surface area contributed by atoms with Gasteiger partial charge in [-0.1, -0.05) is 12.1 Å². The van der Waals surface area contributed by atoms with E-state index in [1.165, 1.54) is 16.7 Å². The molecule has 2 heterocycles. The number of fused-ring (bicyclic) bond motifs is 1. The number of rotatable bonds is 6. The zero-order valence-electron chi connectivity index (χ0n) is 19.6. The fraction of sp³-hybridized carbons (Fsp3) is 0.385. The van der Waals surface area contributed by atoms with Gasteiger partial charge in [0.25, 0.3) is 5.56 Å². The summed E-state index contributed by atoms with van der Waals surface area (Å²) in [6, 6.07) is 14.3. The van der Waals surface area contributed by atoms with E-state index in [4.69, 9.17) is 17.0 Å². The average Bonchev–Trinajstić information content (AvgIpc) is 2.79. The number of aromatic nitrogens is 1. The van der Waals surface area contributed by atoms with Crippen LogP contribution in [0.2, 0.25) is 0 Å². The molecule has 0 bridgehead atoms. The SMILES string of the molecule is Cc1cccc(NC(=S)N(CCN2CCOCC2)Cc2cc3cc(C)c(C)cc3[nH]c2=O)c1. The second-order valence-electron chi connectivity index (χ2n) is 8.82. The van der Waals surface area contributed by atoms with Crippen molar-refractivity contribution in [3.8, 4) is 0 Å². The van der Waals surface area contributed by atoms with E-state index >= 15 is 0 Å². The first-order valence-corrected chi connectivity index (χ1v) is 11.9. The maximum atomic E-state index is 12.9. The molecule has 0 unspecified atom stereocenters. The molecule has 0 radical (unpaired) electrons. The molecular weight excluding hydrogens is 432 g/mol. The molecule has 0 aliphatic carbocycles. The number of hydrogen-bond donors (Lipinski definition) is 2. The van der Waals surface area contributed by atoms with Crippen LogP contribution in [-0.4, -0.2) is 59.3 Å². The Morgan fingerprint density at radius 2 is 1.88 bits per heavy atom. The Kier molecular flexibility index (Phi) is 7.42. The summed E-state index contributed by atoms with van der Waals surface area (Å²) in [5.74, 6) is 0. The Balaban J connectivity index is 1.57. The fourth-order valence-electron chi connectivity index (χ4n) is 4.11. The molecule has 0 amide bonds. The second-order valence-corrected chi connectivity index (χ2v) is 9.21. The van der Waals surface area contributed by atoms with Gasteiger partial charge in [-0.3, -0.25) is 9.69 Å². The number of H-pyrrole nitrogens is 1. The summed E-state index contributed by atoms with van der Waals surface area (Å²) in [6.45, 7) is 11.6. The minimum absolute atomic E-state index is 0.0690. The Hall–Kier alpha value is -2.74. The van der Waals surface area contributed by atoms with Gasteiger partial charge in [0.1, 0.15) is 0 Å². The van der Waals surface area contributed by atoms with Crippen molar-refractivity contribution < 1.29 is 4.74 Å². The first kappa shape index (κ1) is 23.4. The minimum Gasteiger partial charge on any atom is -0.379 e. The number of morpholine rings is 1. The van der Waals surface area contributed by atoms with E-state index in [2.05, 4.69) is 59.1 Å². The van der Waals surface area contributed by atoms with Crippen LogP contribution in [0.1, 0.15) is 22.3 Å². The number of ether oxygens (including phenoxy) is 1. The highest BCUT2D eigenvalue weighted by Gasteiger charge is 2.17. The molecule has 4 rings (SSSR count). The zero-order valence-corrected chi connectivity index (χ0v) is 20.4. The molecular formula is C26H32N4O2S. The van der Waals surface area contributed by atoms with Crippen molar-refractivity contribution in [2.24, 2.45) is 0 Å². The van der Waals surface area contributed by atoms with Crippen molar-refractivity contribution in [1.29, 1.82) is 0 Å². The fourth-order valence-corrected chi connectivity index (χ4v) is 4.38. The number of pyridine rings is 1. The van der Waals surface area contributed by atoms with Crippen molar-refractivity contribution in [1.82, 2.24) is 14.8 Å². The van der Waals surface area contributed by atoms with Crippen LogP contribution < -0.4 is 10.9 Å². The van der Waals surface area contributed by atoms with E-state index in [-0.39, 0.29) is 5.56 Å². The van der Waals surface area contributed by atoms with Gasteiger partial charge < -0.3 is 19.9 Å². The van der Waals surface area contributed by atoms with Gasteiger partial charge in [0.15, 0.2) is 5.11 Å². The van der Waals surface area contributed by atoms with E-state index in [1.807, 2.05) is 24.3 Å². The average molecular weight is 465 g/mol. The molecule has 1 aliphatic heterocycles. The van der Waals surface area contributed by atoms with Gasteiger partial charge in [0.2, 0.25) is 0 Å². The molecule has 0 saturated carbocycles. The number of hydrogen-bond acceptors (Lipinski definition) is 4. The quantitative estimate of drug-likeness (QED) is 0.538. The smallest absolute Gasteiger partial charge is 0.253 e.